The zero-order valence-electron chi connectivity index (χ0n) is 11.2. The maximum atomic E-state index is 12.0. The molecule has 1 atom stereocenters. The first kappa shape index (κ1) is 15.1. The van der Waals surface area contributed by atoms with Gasteiger partial charge in [0.1, 0.15) is 11.3 Å². The molecule has 2 rings (SSSR count). The van der Waals surface area contributed by atoms with E-state index in [2.05, 4.69) is 11.4 Å². The summed E-state index contributed by atoms with van der Waals surface area (Å²) in [4.78, 5) is 12.9. The summed E-state index contributed by atoms with van der Waals surface area (Å²) in [5.74, 6) is 2.59. The molecule has 1 aromatic carbocycles. The van der Waals surface area contributed by atoms with Crippen molar-refractivity contribution in [1.82, 2.24) is 5.32 Å². The molecule has 1 N–H and O–H groups in total. The molecule has 0 saturated carbocycles. The van der Waals surface area contributed by atoms with E-state index in [0.29, 0.717) is 11.5 Å². The molecule has 1 fully saturated rings. The Labute approximate surface area is 127 Å². The van der Waals surface area contributed by atoms with Crippen molar-refractivity contribution >= 4 is 29.4 Å². The minimum Gasteiger partial charge on any atom is -0.497 e. The lowest BCUT2D eigenvalue weighted by molar-refractivity contribution is -0.119. The molecule has 1 aliphatic rings. The molecule has 20 heavy (non-hydrogen) atoms. The van der Waals surface area contributed by atoms with Gasteiger partial charge in [-0.05, 0) is 30.4 Å². The molecule has 0 unspecified atom stereocenters. The fraction of sp³-hybridized carbons (Fsp3) is 0.429. The van der Waals surface area contributed by atoms with Gasteiger partial charge in [0.2, 0.25) is 5.91 Å². The Balaban J connectivity index is 1.87. The number of benzene rings is 1. The third-order valence-corrected chi connectivity index (χ3v) is 5.21. The number of amides is 1. The van der Waals surface area contributed by atoms with Gasteiger partial charge in [-0.3, -0.25) is 4.79 Å². The average molecular weight is 308 g/mol. The smallest absolute Gasteiger partial charge is 0.231 e. The van der Waals surface area contributed by atoms with E-state index in [9.17, 15) is 10.1 Å². The average Bonchev–Trinajstić information content (AvgIpc) is 2.94. The number of carbonyl (C=O) groups is 1. The van der Waals surface area contributed by atoms with Crippen molar-refractivity contribution in [2.45, 2.75) is 16.9 Å². The first-order valence-corrected chi connectivity index (χ1v) is 8.38. The van der Waals surface area contributed by atoms with Crippen LogP contribution in [0.3, 0.4) is 0 Å². The van der Waals surface area contributed by atoms with Crippen LogP contribution in [-0.2, 0) is 4.79 Å². The molecule has 1 aliphatic heterocycles. The van der Waals surface area contributed by atoms with Gasteiger partial charge < -0.3 is 10.1 Å². The Morgan fingerprint density at radius 3 is 3.15 bits per heavy atom. The molecule has 0 radical (unpaired) electrons. The summed E-state index contributed by atoms with van der Waals surface area (Å²) in [6.07, 6.45) is 0.726. The number of nitrogens with zero attached hydrogens (tertiary/aromatic N) is 1. The number of carbonyl (C=O) groups excluding carboxylic acids is 1. The quantitative estimate of drug-likeness (QED) is 0.846. The molecule has 0 bridgehead atoms. The van der Waals surface area contributed by atoms with Gasteiger partial charge in [-0.2, -0.15) is 17.0 Å². The van der Waals surface area contributed by atoms with Crippen molar-refractivity contribution < 1.29 is 9.53 Å². The summed E-state index contributed by atoms with van der Waals surface area (Å²) in [6, 6.07) is 9.83. The second-order valence-electron chi connectivity index (χ2n) is 4.51. The molecule has 1 saturated heterocycles. The van der Waals surface area contributed by atoms with Crippen LogP contribution in [0.2, 0.25) is 0 Å². The third-order valence-electron chi connectivity index (χ3n) is 3.03. The van der Waals surface area contributed by atoms with E-state index in [4.69, 9.17) is 4.74 Å². The zero-order chi connectivity index (χ0) is 14.4. The molecular formula is C14H16N2O2S2. The predicted molar refractivity (Wildman–Crippen MR) is 82.1 cm³/mol. The summed E-state index contributed by atoms with van der Waals surface area (Å²) in [7, 11) is 1.62. The molecule has 0 spiro atoms. The number of rotatable bonds is 5. The Morgan fingerprint density at radius 1 is 1.65 bits per heavy atom. The van der Waals surface area contributed by atoms with Crippen LogP contribution in [0, 0.1) is 11.3 Å². The van der Waals surface area contributed by atoms with Crippen LogP contribution >= 0.6 is 23.5 Å². The van der Waals surface area contributed by atoms with Crippen molar-refractivity contribution in [2.75, 3.05) is 24.4 Å². The molecule has 1 amide bonds. The van der Waals surface area contributed by atoms with Crippen LogP contribution in [0.1, 0.15) is 6.42 Å². The topological polar surface area (TPSA) is 62.1 Å². The highest BCUT2D eigenvalue weighted by atomic mass is 32.2. The molecule has 4 nitrogen and oxygen atoms in total. The highest BCUT2D eigenvalue weighted by Crippen LogP contribution is 2.28. The molecule has 1 aromatic rings. The number of ether oxygens (including phenoxy) is 1. The number of methoxy groups -OCH3 is 1. The van der Waals surface area contributed by atoms with Crippen LogP contribution in [0.4, 0.5) is 0 Å². The number of hydrogen-bond acceptors (Lipinski definition) is 5. The highest BCUT2D eigenvalue weighted by Gasteiger charge is 2.35. The van der Waals surface area contributed by atoms with Crippen molar-refractivity contribution in [3.8, 4) is 11.8 Å². The fourth-order valence-electron chi connectivity index (χ4n) is 1.92. The Morgan fingerprint density at radius 2 is 2.50 bits per heavy atom. The summed E-state index contributed by atoms with van der Waals surface area (Å²) in [5.41, 5.74) is -0.670. The lowest BCUT2D eigenvalue weighted by Gasteiger charge is -2.21. The van der Waals surface area contributed by atoms with E-state index in [1.165, 1.54) is 11.8 Å². The highest BCUT2D eigenvalue weighted by molar-refractivity contribution is 8.00. The van der Waals surface area contributed by atoms with E-state index >= 15 is 0 Å². The van der Waals surface area contributed by atoms with Gasteiger partial charge in [-0.1, -0.05) is 6.07 Å². The van der Waals surface area contributed by atoms with Gasteiger partial charge in [0.25, 0.3) is 0 Å². The van der Waals surface area contributed by atoms with Crippen LogP contribution in [0.15, 0.2) is 29.2 Å². The summed E-state index contributed by atoms with van der Waals surface area (Å²) < 4.78 is 5.14. The third kappa shape index (κ3) is 3.84. The van der Waals surface area contributed by atoms with Crippen LogP contribution in [-0.4, -0.2) is 35.8 Å². The maximum absolute atomic E-state index is 12.0. The first-order valence-electron chi connectivity index (χ1n) is 6.24. The monoisotopic (exact) mass is 308 g/mol. The fourth-order valence-corrected chi connectivity index (χ4v) is 3.93. The van der Waals surface area contributed by atoms with Crippen LogP contribution < -0.4 is 10.1 Å². The second-order valence-corrected chi connectivity index (χ2v) is 6.67. The van der Waals surface area contributed by atoms with E-state index in [1.54, 1.807) is 18.9 Å². The lowest BCUT2D eigenvalue weighted by atomic mass is 10.0. The van der Waals surface area contributed by atoms with E-state index < -0.39 is 5.54 Å². The first-order chi connectivity index (χ1) is 9.67. The van der Waals surface area contributed by atoms with Gasteiger partial charge in [0.15, 0.2) is 0 Å². The maximum Gasteiger partial charge on any atom is 0.231 e. The van der Waals surface area contributed by atoms with Crippen molar-refractivity contribution in [3.63, 3.8) is 0 Å². The molecular weight excluding hydrogens is 292 g/mol. The summed E-state index contributed by atoms with van der Waals surface area (Å²) >= 11 is 3.15. The second kappa shape index (κ2) is 6.91. The Hall–Kier alpha value is -1.32. The van der Waals surface area contributed by atoms with Crippen molar-refractivity contribution in [2.24, 2.45) is 0 Å². The van der Waals surface area contributed by atoms with E-state index in [-0.39, 0.29) is 5.91 Å². The summed E-state index contributed by atoms with van der Waals surface area (Å²) in [5, 5.41) is 12.1. The largest absolute Gasteiger partial charge is 0.497 e. The van der Waals surface area contributed by atoms with Crippen LogP contribution in [0.5, 0.6) is 5.75 Å². The minimum atomic E-state index is -0.670. The Kier molecular flexibility index (Phi) is 5.21. The molecule has 6 heteroatoms. The molecule has 106 valence electrons. The zero-order valence-corrected chi connectivity index (χ0v) is 12.9. The Bertz CT molecular complexity index is 522. The lowest BCUT2D eigenvalue weighted by Crippen LogP contribution is -2.48. The minimum absolute atomic E-state index is 0.0955. The van der Waals surface area contributed by atoms with Gasteiger partial charge >= 0.3 is 0 Å². The normalized spacial score (nSPS) is 21.2. The number of nitriles is 1. The van der Waals surface area contributed by atoms with E-state index in [0.717, 1.165) is 22.8 Å². The number of thioether (sulfide) groups is 2. The number of hydrogen-bond donors (Lipinski definition) is 1. The van der Waals surface area contributed by atoms with Gasteiger partial charge in [-0.25, -0.2) is 0 Å². The molecule has 0 aliphatic carbocycles. The summed E-state index contributed by atoms with van der Waals surface area (Å²) in [6.45, 7) is 0. The van der Waals surface area contributed by atoms with Crippen molar-refractivity contribution in [1.29, 1.82) is 5.26 Å². The molecule has 0 aromatic heterocycles. The van der Waals surface area contributed by atoms with Gasteiger partial charge in [-0.15, -0.1) is 11.8 Å². The SMILES string of the molecule is COc1cccc(SCC(=O)N[C@@]2(C#N)CCSC2)c1. The van der Waals surface area contributed by atoms with Gasteiger partial charge in [0.05, 0.1) is 18.9 Å². The standard InChI is InChI=1S/C14H16N2O2S2/c1-18-11-3-2-4-12(7-11)20-8-13(17)16-14(9-15)5-6-19-10-14/h2-4,7H,5-6,8,10H2,1H3,(H,16,17)/t14-/m1/s1. The van der Waals surface area contributed by atoms with Crippen LogP contribution in [0.25, 0.3) is 0 Å². The number of nitrogens with one attached hydrogen (secondary N) is 1. The molecule has 1 heterocycles. The van der Waals surface area contributed by atoms with Crippen molar-refractivity contribution in [3.05, 3.63) is 24.3 Å². The van der Waals surface area contributed by atoms with Gasteiger partial charge in [0, 0.05) is 10.6 Å². The predicted octanol–water partition coefficient (Wildman–Crippen LogP) is 2.30. The van der Waals surface area contributed by atoms with E-state index in [1.807, 2.05) is 24.3 Å².